The maximum atomic E-state index is 4.44. The van der Waals surface area contributed by atoms with E-state index in [4.69, 9.17) is 0 Å². The third-order valence-corrected chi connectivity index (χ3v) is 2.78. The van der Waals surface area contributed by atoms with Gasteiger partial charge in [-0.2, -0.15) is 9.78 Å². The summed E-state index contributed by atoms with van der Waals surface area (Å²) in [5.41, 5.74) is 1.61. The van der Waals surface area contributed by atoms with Crippen LogP contribution in [0.5, 0.6) is 0 Å². The van der Waals surface area contributed by atoms with Crippen LogP contribution >= 0.6 is 0 Å². The van der Waals surface area contributed by atoms with Gasteiger partial charge in [-0.3, -0.25) is 0 Å². The number of fused-ring (bicyclic) bond motifs is 1. The van der Waals surface area contributed by atoms with Crippen LogP contribution in [0.1, 0.15) is 11.5 Å². The fourth-order valence-corrected chi connectivity index (χ4v) is 1.93. The Morgan fingerprint density at radius 2 is 2.00 bits per heavy atom. The maximum absolute atomic E-state index is 4.44. The Bertz CT molecular complexity index is 747. The van der Waals surface area contributed by atoms with E-state index in [1.807, 2.05) is 27.0 Å². The van der Waals surface area contributed by atoms with E-state index in [0.717, 1.165) is 22.5 Å². The fraction of sp³-hybridized carbons (Fsp3) is 0.250. The minimum absolute atomic E-state index is 0.685. The topological polar surface area (TPSA) is 81.4 Å². The molecule has 0 spiro atoms. The molecule has 0 bridgehead atoms. The van der Waals surface area contributed by atoms with Gasteiger partial charge in [0.05, 0.1) is 11.6 Å². The summed E-state index contributed by atoms with van der Waals surface area (Å²) >= 11 is 0. The second-order valence-corrected chi connectivity index (χ2v) is 4.18. The van der Waals surface area contributed by atoms with Crippen molar-refractivity contribution in [2.75, 3.05) is 12.4 Å². The van der Waals surface area contributed by atoms with Gasteiger partial charge in [-0.25, -0.2) is 19.9 Å². The maximum Gasteiger partial charge on any atom is 0.170 e. The standard InChI is InChI=1S/C12H13N7/c1-7-4-10(15-6-14-7)19-12-9(5-16-19)11(13-3)17-8(2)18-12/h4-6H,1-3H3,(H,13,17,18). The molecule has 0 saturated carbocycles. The number of aryl methyl sites for hydroxylation is 2. The largest absolute Gasteiger partial charge is 0.372 e. The molecule has 0 amide bonds. The summed E-state index contributed by atoms with van der Waals surface area (Å²) in [6.07, 6.45) is 3.25. The SMILES string of the molecule is CNc1nc(C)nc2c1cnn2-c1cc(C)ncn1. The molecule has 0 saturated heterocycles. The first-order valence-corrected chi connectivity index (χ1v) is 5.88. The molecule has 1 N–H and O–H groups in total. The van der Waals surface area contributed by atoms with Crippen LogP contribution in [0, 0.1) is 13.8 Å². The molecule has 0 unspecified atom stereocenters. The molecule has 96 valence electrons. The van der Waals surface area contributed by atoms with Gasteiger partial charge < -0.3 is 5.32 Å². The Labute approximate surface area is 109 Å². The molecule has 3 rings (SSSR count). The lowest BCUT2D eigenvalue weighted by molar-refractivity contribution is 0.845. The van der Waals surface area contributed by atoms with E-state index in [-0.39, 0.29) is 0 Å². The average molecular weight is 255 g/mol. The van der Waals surface area contributed by atoms with Gasteiger partial charge in [-0.1, -0.05) is 0 Å². The van der Waals surface area contributed by atoms with E-state index in [1.165, 1.54) is 6.33 Å². The predicted octanol–water partition coefficient (Wildman–Crippen LogP) is 1.26. The van der Waals surface area contributed by atoms with Crippen LogP contribution in [0.15, 0.2) is 18.6 Å². The van der Waals surface area contributed by atoms with E-state index in [0.29, 0.717) is 11.6 Å². The predicted molar refractivity (Wildman–Crippen MR) is 71.3 cm³/mol. The molecule has 19 heavy (non-hydrogen) atoms. The normalized spacial score (nSPS) is 10.9. The molecule has 0 aliphatic carbocycles. The molecule has 0 aliphatic rings. The van der Waals surface area contributed by atoms with Crippen molar-refractivity contribution in [2.45, 2.75) is 13.8 Å². The number of hydrogen-bond donors (Lipinski definition) is 1. The van der Waals surface area contributed by atoms with E-state index in [9.17, 15) is 0 Å². The lowest BCUT2D eigenvalue weighted by Crippen LogP contribution is -2.04. The first-order chi connectivity index (χ1) is 9.19. The van der Waals surface area contributed by atoms with Crippen LogP contribution in [0.3, 0.4) is 0 Å². The van der Waals surface area contributed by atoms with Crippen molar-refractivity contribution in [1.82, 2.24) is 29.7 Å². The van der Waals surface area contributed by atoms with Crippen molar-refractivity contribution >= 4 is 16.9 Å². The Balaban J connectivity index is 2.28. The third-order valence-electron chi connectivity index (χ3n) is 2.78. The first kappa shape index (κ1) is 11.5. The van der Waals surface area contributed by atoms with Crippen molar-refractivity contribution in [3.63, 3.8) is 0 Å². The van der Waals surface area contributed by atoms with Gasteiger partial charge in [0.15, 0.2) is 11.5 Å². The number of hydrogen-bond acceptors (Lipinski definition) is 6. The molecule has 7 heteroatoms. The molecule has 3 aromatic rings. The van der Waals surface area contributed by atoms with Crippen molar-refractivity contribution in [1.29, 1.82) is 0 Å². The average Bonchev–Trinajstić information content (AvgIpc) is 2.81. The molecule has 0 radical (unpaired) electrons. The molecule has 0 atom stereocenters. The first-order valence-electron chi connectivity index (χ1n) is 5.88. The summed E-state index contributed by atoms with van der Waals surface area (Å²) in [4.78, 5) is 17.1. The summed E-state index contributed by atoms with van der Waals surface area (Å²) in [7, 11) is 1.83. The Kier molecular flexibility index (Phi) is 2.59. The molecular weight excluding hydrogens is 242 g/mol. The van der Waals surface area contributed by atoms with E-state index >= 15 is 0 Å². The van der Waals surface area contributed by atoms with Crippen LogP contribution in [-0.4, -0.2) is 36.8 Å². The molecule has 0 aromatic carbocycles. The number of rotatable bonds is 2. The lowest BCUT2D eigenvalue weighted by Gasteiger charge is -2.05. The highest BCUT2D eigenvalue weighted by molar-refractivity contribution is 5.87. The van der Waals surface area contributed by atoms with Crippen LogP contribution in [0.4, 0.5) is 5.82 Å². The van der Waals surface area contributed by atoms with Gasteiger partial charge >= 0.3 is 0 Å². The molecule has 3 aromatic heterocycles. The second-order valence-electron chi connectivity index (χ2n) is 4.18. The van der Waals surface area contributed by atoms with Gasteiger partial charge in [0.25, 0.3) is 0 Å². The number of aromatic nitrogens is 6. The van der Waals surface area contributed by atoms with E-state index in [2.05, 4.69) is 30.4 Å². The quantitative estimate of drug-likeness (QED) is 0.742. The molecule has 0 fully saturated rings. The van der Waals surface area contributed by atoms with Gasteiger partial charge in [0.1, 0.15) is 18.0 Å². The minimum atomic E-state index is 0.685. The number of nitrogens with zero attached hydrogens (tertiary/aromatic N) is 6. The summed E-state index contributed by atoms with van der Waals surface area (Å²) in [6, 6.07) is 1.86. The molecule has 0 aliphatic heterocycles. The molecule has 7 nitrogen and oxygen atoms in total. The minimum Gasteiger partial charge on any atom is -0.372 e. The van der Waals surface area contributed by atoms with Crippen LogP contribution < -0.4 is 5.32 Å². The van der Waals surface area contributed by atoms with Crippen molar-refractivity contribution in [3.05, 3.63) is 30.1 Å². The summed E-state index contributed by atoms with van der Waals surface area (Å²) < 4.78 is 1.69. The third kappa shape index (κ3) is 1.88. The zero-order valence-electron chi connectivity index (χ0n) is 10.9. The highest BCUT2D eigenvalue weighted by Crippen LogP contribution is 2.21. The fourth-order valence-electron chi connectivity index (χ4n) is 1.93. The Morgan fingerprint density at radius 3 is 2.74 bits per heavy atom. The highest BCUT2D eigenvalue weighted by atomic mass is 15.3. The zero-order chi connectivity index (χ0) is 13.4. The van der Waals surface area contributed by atoms with Crippen molar-refractivity contribution < 1.29 is 0 Å². The summed E-state index contributed by atoms with van der Waals surface area (Å²) in [6.45, 7) is 3.76. The summed E-state index contributed by atoms with van der Waals surface area (Å²) in [5.74, 6) is 2.14. The number of anilines is 1. The van der Waals surface area contributed by atoms with Crippen LogP contribution in [0.2, 0.25) is 0 Å². The van der Waals surface area contributed by atoms with E-state index in [1.54, 1.807) is 10.9 Å². The summed E-state index contributed by atoms with van der Waals surface area (Å²) in [5, 5.41) is 8.26. The molecule has 3 heterocycles. The Hall–Kier alpha value is -2.57. The lowest BCUT2D eigenvalue weighted by atomic mass is 10.3. The van der Waals surface area contributed by atoms with Crippen molar-refractivity contribution in [2.24, 2.45) is 0 Å². The molecular formula is C12H13N7. The van der Waals surface area contributed by atoms with Crippen LogP contribution in [-0.2, 0) is 0 Å². The monoisotopic (exact) mass is 255 g/mol. The number of nitrogens with one attached hydrogen (secondary N) is 1. The van der Waals surface area contributed by atoms with Crippen LogP contribution in [0.25, 0.3) is 16.9 Å². The Morgan fingerprint density at radius 1 is 1.16 bits per heavy atom. The van der Waals surface area contributed by atoms with Crippen molar-refractivity contribution in [3.8, 4) is 5.82 Å². The van der Waals surface area contributed by atoms with E-state index < -0.39 is 0 Å². The van der Waals surface area contributed by atoms with Gasteiger partial charge in [0.2, 0.25) is 0 Å². The second kappa shape index (κ2) is 4.27. The van der Waals surface area contributed by atoms with Gasteiger partial charge in [-0.15, -0.1) is 0 Å². The smallest absolute Gasteiger partial charge is 0.170 e. The van der Waals surface area contributed by atoms with Gasteiger partial charge in [0, 0.05) is 18.8 Å². The highest BCUT2D eigenvalue weighted by Gasteiger charge is 2.12. The van der Waals surface area contributed by atoms with Gasteiger partial charge in [-0.05, 0) is 13.8 Å². The zero-order valence-corrected chi connectivity index (χ0v) is 10.9.